The highest BCUT2D eigenvalue weighted by molar-refractivity contribution is 7.71. The zero-order valence-electron chi connectivity index (χ0n) is 11.2. The lowest BCUT2D eigenvalue weighted by Gasteiger charge is -2.35. The molecule has 2 saturated heterocycles. The van der Waals surface area contributed by atoms with Crippen molar-refractivity contribution in [2.24, 2.45) is 0 Å². The van der Waals surface area contributed by atoms with Crippen molar-refractivity contribution in [3.8, 4) is 0 Å². The number of nitrogens with zero attached hydrogens (tertiary/aromatic N) is 2. The van der Waals surface area contributed by atoms with Gasteiger partial charge in [0.1, 0.15) is 4.83 Å². The molecule has 2 aromatic heterocycles. The van der Waals surface area contributed by atoms with E-state index in [1.54, 1.807) is 11.3 Å². The standard InChI is InChI=1S/C14H17N3OS2/c18-13-11-4-7-20-12(11)15-14(19)17(13)10-3-6-16-5-1-2-9(16)8-10/h4,7,9-10H,1-3,5-6,8H2,(H,15,19). The molecule has 0 aliphatic carbocycles. The number of rotatable bonds is 1. The summed E-state index contributed by atoms with van der Waals surface area (Å²) in [5.74, 6) is 0. The smallest absolute Gasteiger partial charge is 0.263 e. The second kappa shape index (κ2) is 4.79. The Balaban J connectivity index is 1.78. The zero-order valence-corrected chi connectivity index (χ0v) is 12.8. The van der Waals surface area contributed by atoms with E-state index in [2.05, 4.69) is 9.88 Å². The van der Waals surface area contributed by atoms with Crippen LogP contribution in [-0.4, -0.2) is 33.6 Å². The number of fused-ring (bicyclic) bond motifs is 2. The van der Waals surface area contributed by atoms with Crippen molar-refractivity contribution >= 4 is 33.8 Å². The molecule has 2 aliphatic heterocycles. The van der Waals surface area contributed by atoms with E-state index in [0.717, 1.165) is 29.6 Å². The van der Waals surface area contributed by atoms with Crippen molar-refractivity contribution in [2.75, 3.05) is 13.1 Å². The Morgan fingerprint density at radius 2 is 2.20 bits per heavy atom. The van der Waals surface area contributed by atoms with E-state index in [-0.39, 0.29) is 11.6 Å². The van der Waals surface area contributed by atoms with Crippen LogP contribution in [-0.2, 0) is 0 Å². The maximum Gasteiger partial charge on any atom is 0.263 e. The van der Waals surface area contributed by atoms with E-state index in [1.807, 2.05) is 16.0 Å². The highest BCUT2D eigenvalue weighted by Crippen LogP contribution is 2.32. The molecule has 2 aliphatic rings. The van der Waals surface area contributed by atoms with E-state index in [1.165, 1.54) is 19.4 Å². The molecular formula is C14H17N3OS2. The summed E-state index contributed by atoms with van der Waals surface area (Å²) in [4.78, 5) is 19.4. The quantitative estimate of drug-likeness (QED) is 0.824. The molecular weight excluding hydrogens is 290 g/mol. The predicted octanol–water partition coefficient (Wildman–Crippen LogP) is 2.92. The molecule has 0 aromatic carbocycles. The summed E-state index contributed by atoms with van der Waals surface area (Å²) in [7, 11) is 0. The molecule has 0 radical (unpaired) electrons. The highest BCUT2D eigenvalue weighted by atomic mass is 32.1. The molecule has 0 bridgehead atoms. The molecule has 1 N–H and O–H groups in total. The van der Waals surface area contributed by atoms with Gasteiger partial charge < -0.3 is 9.88 Å². The van der Waals surface area contributed by atoms with Crippen LogP contribution < -0.4 is 5.56 Å². The molecule has 20 heavy (non-hydrogen) atoms. The fourth-order valence-electron chi connectivity index (χ4n) is 3.72. The zero-order chi connectivity index (χ0) is 13.7. The van der Waals surface area contributed by atoms with Gasteiger partial charge in [0, 0.05) is 18.6 Å². The van der Waals surface area contributed by atoms with Gasteiger partial charge in [-0.05, 0) is 55.9 Å². The Hall–Kier alpha value is -0.980. The van der Waals surface area contributed by atoms with E-state index < -0.39 is 0 Å². The lowest BCUT2D eigenvalue weighted by Crippen LogP contribution is -2.41. The van der Waals surface area contributed by atoms with Crippen LogP contribution in [0.4, 0.5) is 0 Å². The minimum atomic E-state index is 0.0847. The topological polar surface area (TPSA) is 41.0 Å². The number of hydrogen-bond donors (Lipinski definition) is 1. The van der Waals surface area contributed by atoms with Gasteiger partial charge in [-0.2, -0.15) is 0 Å². The molecule has 6 heteroatoms. The van der Waals surface area contributed by atoms with E-state index in [4.69, 9.17) is 12.2 Å². The molecule has 2 fully saturated rings. The molecule has 4 rings (SSSR count). The van der Waals surface area contributed by atoms with Crippen molar-refractivity contribution in [3.05, 3.63) is 26.6 Å². The molecule has 2 unspecified atom stereocenters. The predicted molar refractivity (Wildman–Crippen MR) is 84.1 cm³/mol. The van der Waals surface area contributed by atoms with Crippen LogP contribution >= 0.6 is 23.6 Å². The minimum absolute atomic E-state index is 0.0847. The Morgan fingerprint density at radius 1 is 1.30 bits per heavy atom. The second-order valence-electron chi connectivity index (χ2n) is 5.78. The normalized spacial score (nSPS) is 27.0. The third-order valence-corrected chi connectivity index (χ3v) is 5.84. The van der Waals surface area contributed by atoms with Gasteiger partial charge in [0.25, 0.3) is 5.56 Å². The number of thiophene rings is 1. The fraction of sp³-hybridized carbons (Fsp3) is 0.571. The van der Waals surface area contributed by atoms with Crippen LogP contribution in [0.1, 0.15) is 31.7 Å². The summed E-state index contributed by atoms with van der Waals surface area (Å²) in [6, 6.07) is 2.80. The van der Waals surface area contributed by atoms with Crippen molar-refractivity contribution in [1.82, 2.24) is 14.5 Å². The fourth-order valence-corrected chi connectivity index (χ4v) is 4.90. The highest BCUT2D eigenvalue weighted by Gasteiger charge is 2.33. The van der Waals surface area contributed by atoms with E-state index >= 15 is 0 Å². The number of H-pyrrole nitrogens is 1. The first-order chi connectivity index (χ1) is 9.74. The van der Waals surface area contributed by atoms with Crippen LogP contribution in [0.3, 0.4) is 0 Å². The molecule has 0 amide bonds. The van der Waals surface area contributed by atoms with Crippen LogP contribution in [0.25, 0.3) is 10.2 Å². The molecule has 0 saturated carbocycles. The largest absolute Gasteiger partial charge is 0.323 e. The minimum Gasteiger partial charge on any atom is -0.323 e. The lowest BCUT2D eigenvalue weighted by molar-refractivity contribution is 0.153. The summed E-state index contributed by atoms with van der Waals surface area (Å²) >= 11 is 6.98. The number of piperidine rings is 1. The molecule has 0 spiro atoms. The van der Waals surface area contributed by atoms with E-state index in [0.29, 0.717) is 10.8 Å². The average Bonchev–Trinajstić information content (AvgIpc) is 3.06. The Labute approximate surface area is 126 Å². The van der Waals surface area contributed by atoms with Gasteiger partial charge in [-0.3, -0.25) is 9.36 Å². The van der Waals surface area contributed by atoms with Crippen molar-refractivity contribution in [2.45, 2.75) is 37.8 Å². The summed E-state index contributed by atoms with van der Waals surface area (Å²) < 4.78 is 2.42. The Bertz CT molecular complexity index is 760. The van der Waals surface area contributed by atoms with Gasteiger partial charge in [0.05, 0.1) is 5.39 Å². The maximum absolute atomic E-state index is 12.7. The number of hydrogen-bond acceptors (Lipinski definition) is 4. The first kappa shape index (κ1) is 12.7. The van der Waals surface area contributed by atoms with Gasteiger partial charge in [-0.15, -0.1) is 11.3 Å². The number of nitrogens with one attached hydrogen (secondary N) is 1. The summed E-state index contributed by atoms with van der Waals surface area (Å²) in [6.07, 6.45) is 4.65. The third kappa shape index (κ3) is 1.89. The molecule has 2 aromatic rings. The first-order valence-electron chi connectivity index (χ1n) is 7.20. The average molecular weight is 307 g/mol. The summed E-state index contributed by atoms with van der Waals surface area (Å²) in [5.41, 5.74) is 0.0847. The lowest BCUT2D eigenvalue weighted by atomic mass is 9.97. The van der Waals surface area contributed by atoms with Gasteiger partial charge in [-0.1, -0.05) is 0 Å². The SMILES string of the molecule is O=c1c2ccsc2[nH]c(=S)n1C1CCN2CCCC2C1. The van der Waals surface area contributed by atoms with Crippen molar-refractivity contribution in [3.63, 3.8) is 0 Å². The first-order valence-corrected chi connectivity index (χ1v) is 8.49. The molecule has 2 atom stereocenters. The monoisotopic (exact) mass is 307 g/mol. The van der Waals surface area contributed by atoms with Gasteiger partial charge in [-0.25, -0.2) is 0 Å². The van der Waals surface area contributed by atoms with Gasteiger partial charge in [0.2, 0.25) is 0 Å². The van der Waals surface area contributed by atoms with Crippen LogP contribution in [0.2, 0.25) is 0 Å². The Morgan fingerprint density at radius 3 is 3.10 bits per heavy atom. The van der Waals surface area contributed by atoms with Crippen LogP contribution in [0.15, 0.2) is 16.2 Å². The third-order valence-electron chi connectivity index (χ3n) is 4.71. The number of aromatic nitrogens is 2. The maximum atomic E-state index is 12.7. The summed E-state index contributed by atoms with van der Waals surface area (Å²) in [5, 5.41) is 2.72. The van der Waals surface area contributed by atoms with Gasteiger partial charge in [0.15, 0.2) is 4.77 Å². The molecule has 106 valence electrons. The molecule has 4 nitrogen and oxygen atoms in total. The van der Waals surface area contributed by atoms with Crippen molar-refractivity contribution in [1.29, 1.82) is 0 Å². The van der Waals surface area contributed by atoms with Gasteiger partial charge >= 0.3 is 0 Å². The number of aromatic amines is 1. The van der Waals surface area contributed by atoms with E-state index in [9.17, 15) is 4.79 Å². The Kier molecular flexibility index (Phi) is 3.05. The molecule has 4 heterocycles. The van der Waals surface area contributed by atoms with Crippen LogP contribution in [0.5, 0.6) is 0 Å². The van der Waals surface area contributed by atoms with Crippen LogP contribution in [0, 0.1) is 4.77 Å². The summed E-state index contributed by atoms with van der Waals surface area (Å²) in [6.45, 7) is 2.32. The van der Waals surface area contributed by atoms with Crippen molar-refractivity contribution < 1.29 is 0 Å². The second-order valence-corrected chi connectivity index (χ2v) is 7.08.